The average molecular weight is 354 g/mol. The maximum Gasteiger partial charge on any atom is 0.245 e. The second-order valence-electron chi connectivity index (χ2n) is 7.10. The Kier molecular flexibility index (Phi) is 4.52. The third-order valence-corrected chi connectivity index (χ3v) is 5.77. The second-order valence-corrected chi connectivity index (χ2v) is 7.10. The zero-order valence-electron chi connectivity index (χ0n) is 15.1. The molecular weight excluding hydrogens is 332 g/mol. The van der Waals surface area contributed by atoms with Gasteiger partial charge in [-0.15, -0.1) is 0 Å². The Hall–Kier alpha value is -2.76. The summed E-state index contributed by atoms with van der Waals surface area (Å²) in [6.45, 7) is 4.75. The third kappa shape index (κ3) is 2.66. The number of likely N-dealkylation sites (N-methyl/N-ethyl adjacent to an activating group) is 1. The molecule has 1 amide bonds. The molecule has 2 N–H and O–H groups in total. The van der Waals surface area contributed by atoms with Crippen molar-refractivity contribution in [3.8, 4) is 11.5 Å². The van der Waals surface area contributed by atoms with Crippen LogP contribution in [0.15, 0.2) is 40.5 Å². The number of carbonyl (C=O) groups excluding carboxylic acids is 1. The van der Waals surface area contributed by atoms with Gasteiger partial charge in [-0.3, -0.25) is 9.69 Å². The lowest BCUT2D eigenvalue weighted by molar-refractivity contribution is -0.114. The molecule has 136 valence electrons. The van der Waals surface area contributed by atoms with Gasteiger partial charge in [-0.05, 0) is 68.1 Å². The molecule has 2 atom stereocenters. The van der Waals surface area contributed by atoms with Gasteiger partial charge in [-0.2, -0.15) is 0 Å². The molecule has 26 heavy (non-hydrogen) atoms. The molecule has 7 heteroatoms. The number of allylic oxidation sites excluding steroid dienone is 2. The fourth-order valence-corrected chi connectivity index (χ4v) is 4.30. The van der Waals surface area contributed by atoms with Gasteiger partial charge in [0, 0.05) is 27.5 Å². The number of amides is 1. The van der Waals surface area contributed by atoms with Crippen LogP contribution in [0, 0.1) is 6.92 Å². The summed E-state index contributed by atoms with van der Waals surface area (Å²) in [6, 6.07) is 3.35. The summed E-state index contributed by atoms with van der Waals surface area (Å²) < 4.78 is 0. The fraction of sp³-hybridized carbons (Fsp3) is 0.421. The first-order chi connectivity index (χ1) is 12.3. The molecule has 2 aliphatic rings. The van der Waals surface area contributed by atoms with Gasteiger partial charge in [-0.25, -0.2) is 0 Å². The van der Waals surface area contributed by atoms with E-state index in [2.05, 4.69) is 21.8 Å². The van der Waals surface area contributed by atoms with Crippen LogP contribution in [0.3, 0.4) is 0 Å². The van der Waals surface area contributed by atoms with Crippen molar-refractivity contribution in [2.45, 2.75) is 38.1 Å². The van der Waals surface area contributed by atoms with Gasteiger partial charge in [0.1, 0.15) is 0 Å². The number of phenolic OH excluding ortho intramolecular Hbond substituents is 2. The summed E-state index contributed by atoms with van der Waals surface area (Å²) in [6.07, 6.45) is 4.60. The minimum absolute atomic E-state index is 0.109. The van der Waals surface area contributed by atoms with E-state index in [1.54, 1.807) is 12.1 Å². The Labute approximate surface area is 151 Å². The number of piperidine rings is 1. The molecule has 0 aromatic heterocycles. The minimum atomic E-state index is -0.621. The smallest absolute Gasteiger partial charge is 0.245 e. The van der Waals surface area contributed by atoms with Crippen LogP contribution in [-0.4, -0.2) is 40.7 Å². The third-order valence-electron chi connectivity index (χ3n) is 5.77. The lowest BCUT2D eigenvalue weighted by Gasteiger charge is -2.49. The highest BCUT2D eigenvalue weighted by Gasteiger charge is 2.47. The molecule has 0 bridgehead atoms. The van der Waals surface area contributed by atoms with Crippen LogP contribution in [0.2, 0.25) is 0 Å². The van der Waals surface area contributed by atoms with E-state index < -0.39 is 11.3 Å². The largest absolute Gasteiger partial charge is 0.504 e. The Morgan fingerprint density at radius 1 is 1.38 bits per heavy atom. The summed E-state index contributed by atoms with van der Waals surface area (Å²) in [5.41, 5.74) is 10.9. The molecule has 1 aliphatic carbocycles. The number of aromatic hydroxyl groups is 2. The summed E-state index contributed by atoms with van der Waals surface area (Å²) >= 11 is 0. The van der Waals surface area contributed by atoms with E-state index in [9.17, 15) is 15.0 Å². The maximum atomic E-state index is 12.2. The first-order valence-corrected chi connectivity index (χ1v) is 8.54. The molecule has 1 aromatic carbocycles. The molecule has 1 aromatic rings. The minimum Gasteiger partial charge on any atom is -0.504 e. The number of rotatable bonds is 2. The topological polar surface area (TPSA) is 110 Å². The van der Waals surface area contributed by atoms with Gasteiger partial charge < -0.3 is 10.2 Å². The van der Waals surface area contributed by atoms with Crippen LogP contribution < -0.4 is 0 Å². The molecule has 1 heterocycles. The standard InChI is InChI=1S/C19H22N4O3/c1-11-4-7-15(24)17(25)16(11)19-8-9-23(3)12(2)14(19)6-5-13(10-19)18(26)21-22-20/h4-7,12,24-25H,8-10H2,1-3H3. The highest BCUT2D eigenvalue weighted by atomic mass is 16.3. The molecule has 2 unspecified atom stereocenters. The van der Waals surface area contributed by atoms with Gasteiger partial charge in [0.15, 0.2) is 11.5 Å². The summed E-state index contributed by atoms with van der Waals surface area (Å²) in [5, 5.41) is 24.0. The van der Waals surface area contributed by atoms with Crippen molar-refractivity contribution in [1.82, 2.24) is 4.90 Å². The number of fused-ring (bicyclic) bond motifs is 1. The lowest BCUT2D eigenvalue weighted by atomic mass is 9.60. The van der Waals surface area contributed by atoms with Gasteiger partial charge in [0.05, 0.1) is 0 Å². The summed E-state index contributed by atoms with van der Waals surface area (Å²) in [4.78, 5) is 17.0. The van der Waals surface area contributed by atoms with Crippen molar-refractivity contribution < 1.29 is 15.0 Å². The van der Waals surface area contributed by atoms with E-state index >= 15 is 0 Å². The second kappa shape index (κ2) is 6.52. The van der Waals surface area contributed by atoms with E-state index in [-0.39, 0.29) is 17.5 Å². The zero-order valence-corrected chi connectivity index (χ0v) is 15.1. The number of nitrogens with zero attached hydrogens (tertiary/aromatic N) is 4. The fourth-order valence-electron chi connectivity index (χ4n) is 4.30. The molecule has 1 saturated heterocycles. The molecule has 0 radical (unpaired) electrons. The highest BCUT2D eigenvalue weighted by Crippen LogP contribution is 2.53. The van der Waals surface area contributed by atoms with Crippen LogP contribution in [0.5, 0.6) is 11.5 Å². The number of hydrogen-bond acceptors (Lipinski definition) is 4. The number of aryl methyl sites for hydroxylation is 1. The number of phenols is 2. The predicted octanol–water partition coefficient (Wildman–Crippen LogP) is 3.46. The van der Waals surface area contributed by atoms with Crippen molar-refractivity contribution in [2.75, 3.05) is 13.6 Å². The number of likely N-dealkylation sites (tertiary alicyclic amines) is 1. The van der Waals surface area contributed by atoms with Gasteiger partial charge in [-0.1, -0.05) is 18.2 Å². The highest BCUT2D eigenvalue weighted by molar-refractivity contribution is 5.95. The van der Waals surface area contributed by atoms with E-state index in [0.29, 0.717) is 24.0 Å². The van der Waals surface area contributed by atoms with E-state index in [0.717, 1.165) is 17.7 Å². The van der Waals surface area contributed by atoms with Gasteiger partial charge in [0.25, 0.3) is 0 Å². The normalized spacial score (nSPS) is 25.6. The summed E-state index contributed by atoms with van der Waals surface area (Å²) in [5.74, 6) is -0.931. The van der Waals surface area contributed by atoms with Crippen LogP contribution in [0.25, 0.3) is 10.4 Å². The molecule has 0 spiro atoms. The van der Waals surface area contributed by atoms with Gasteiger partial charge >= 0.3 is 0 Å². The van der Waals surface area contributed by atoms with Crippen LogP contribution >= 0.6 is 0 Å². The summed E-state index contributed by atoms with van der Waals surface area (Å²) in [7, 11) is 2.04. The Balaban J connectivity index is 2.24. The van der Waals surface area contributed by atoms with E-state index in [4.69, 9.17) is 5.53 Å². The van der Waals surface area contributed by atoms with Crippen molar-refractivity contribution >= 4 is 5.91 Å². The van der Waals surface area contributed by atoms with Gasteiger partial charge in [0.2, 0.25) is 5.91 Å². The molecule has 1 fully saturated rings. The van der Waals surface area contributed by atoms with Crippen molar-refractivity contribution in [1.29, 1.82) is 0 Å². The predicted molar refractivity (Wildman–Crippen MR) is 97.8 cm³/mol. The first-order valence-electron chi connectivity index (χ1n) is 8.54. The number of carbonyl (C=O) groups is 1. The molecule has 0 saturated carbocycles. The van der Waals surface area contributed by atoms with Crippen molar-refractivity contribution in [2.24, 2.45) is 5.11 Å². The van der Waals surface area contributed by atoms with Crippen LogP contribution in [0.1, 0.15) is 30.9 Å². The molecule has 1 aliphatic heterocycles. The average Bonchev–Trinajstić information content (AvgIpc) is 2.62. The van der Waals surface area contributed by atoms with E-state index in [1.165, 1.54) is 6.07 Å². The quantitative estimate of drug-likeness (QED) is 0.367. The SMILES string of the molecule is Cc1ccc(O)c(O)c1C12CCN(C)C(C)C1=CC=C(C(=O)N=[N+]=[N-])C2. The Bertz CT molecular complexity index is 883. The van der Waals surface area contributed by atoms with Crippen LogP contribution in [-0.2, 0) is 10.2 Å². The van der Waals surface area contributed by atoms with E-state index in [1.807, 2.05) is 20.0 Å². The number of azide groups is 1. The Morgan fingerprint density at radius 2 is 2.12 bits per heavy atom. The number of benzene rings is 1. The van der Waals surface area contributed by atoms with Crippen LogP contribution in [0.4, 0.5) is 0 Å². The van der Waals surface area contributed by atoms with Crippen molar-refractivity contribution in [3.05, 3.63) is 57.0 Å². The zero-order chi connectivity index (χ0) is 19.1. The monoisotopic (exact) mass is 354 g/mol. The molecule has 3 rings (SSSR count). The molecular formula is C19H22N4O3. The number of hydrogen-bond donors (Lipinski definition) is 2. The first kappa shape index (κ1) is 18.0. The molecule has 7 nitrogen and oxygen atoms in total. The lowest BCUT2D eigenvalue weighted by Crippen LogP contribution is -2.49. The Morgan fingerprint density at radius 3 is 2.81 bits per heavy atom. The van der Waals surface area contributed by atoms with Crippen molar-refractivity contribution in [3.63, 3.8) is 0 Å². The maximum absolute atomic E-state index is 12.2.